The van der Waals surface area contributed by atoms with E-state index in [2.05, 4.69) is 32.1 Å². The molecule has 1 N–H and O–H groups in total. The number of aromatic hydroxyl groups is 1. The molecule has 2 unspecified atom stereocenters. The highest BCUT2D eigenvalue weighted by molar-refractivity contribution is 14.1. The maximum Gasteiger partial charge on any atom is 0.115 e. The van der Waals surface area contributed by atoms with E-state index in [1.54, 1.807) is 12.1 Å². The molecule has 0 spiro atoms. The first kappa shape index (κ1) is 9.66. The van der Waals surface area contributed by atoms with Crippen LogP contribution in [0.15, 0.2) is 30.3 Å². The van der Waals surface area contributed by atoms with Crippen LogP contribution >= 0.6 is 22.9 Å². The Bertz CT molecular complexity index is 412. The van der Waals surface area contributed by atoms with Gasteiger partial charge in [-0.15, -0.1) is 0 Å². The van der Waals surface area contributed by atoms with E-state index < -0.39 is 0 Å². The lowest BCUT2D eigenvalue weighted by molar-refractivity contribution is 0.475. The summed E-state index contributed by atoms with van der Waals surface area (Å²) in [5, 5.41) is 9.25. The summed E-state index contributed by atoms with van der Waals surface area (Å²) in [6.07, 6.45) is 3.66. The third kappa shape index (κ3) is 1.58. The molecule has 2 aliphatic rings. The molecule has 1 aliphatic heterocycles. The first-order chi connectivity index (χ1) is 7.24. The minimum Gasteiger partial charge on any atom is -0.508 e. The largest absolute Gasteiger partial charge is 0.508 e. The number of hydrogen-bond acceptors (Lipinski definition) is 2. The van der Waals surface area contributed by atoms with Crippen molar-refractivity contribution in [2.24, 2.45) is 5.92 Å². The average molecular weight is 313 g/mol. The van der Waals surface area contributed by atoms with Gasteiger partial charge in [0.1, 0.15) is 5.75 Å². The van der Waals surface area contributed by atoms with E-state index in [9.17, 15) is 5.11 Å². The molecule has 0 radical (unpaired) electrons. The minimum atomic E-state index is 0.342. The third-order valence-electron chi connectivity index (χ3n) is 3.25. The number of rotatable bonds is 1. The second-order valence-electron chi connectivity index (χ2n) is 4.26. The molecule has 1 aliphatic carbocycles. The van der Waals surface area contributed by atoms with Crippen LogP contribution in [0, 0.1) is 5.92 Å². The highest BCUT2D eigenvalue weighted by Crippen LogP contribution is 2.43. The smallest absolute Gasteiger partial charge is 0.115 e. The lowest BCUT2D eigenvalue weighted by Gasteiger charge is -2.22. The maximum absolute atomic E-state index is 9.25. The number of benzene rings is 1. The second kappa shape index (κ2) is 3.49. The number of hydrogen-bond donors (Lipinski definition) is 1. The summed E-state index contributed by atoms with van der Waals surface area (Å²) < 4.78 is 2.39. The summed E-state index contributed by atoms with van der Waals surface area (Å²) in [7, 11) is 0. The van der Waals surface area contributed by atoms with Gasteiger partial charge in [0.25, 0.3) is 0 Å². The van der Waals surface area contributed by atoms with Crippen LogP contribution in [0.2, 0.25) is 0 Å². The second-order valence-corrected chi connectivity index (χ2v) is 5.50. The van der Waals surface area contributed by atoms with Gasteiger partial charge in [-0.2, -0.15) is 0 Å². The molecule has 1 saturated heterocycles. The number of fused-ring (bicyclic) bond motifs is 2. The van der Waals surface area contributed by atoms with E-state index in [1.807, 2.05) is 12.1 Å². The summed E-state index contributed by atoms with van der Waals surface area (Å²) in [4.78, 5) is 0. The van der Waals surface area contributed by atoms with Gasteiger partial charge in [0.2, 0.25) is 0 Å². The molecule has 15 heavy (non-hydrogen) atoms. The van der Waals surface area contributed by atoms with Gasteiger partial charge in [0.05, 0.1) is 0 Å². The Kier molecular flexibility index (Phi) is 2.25. The van der Waals surface area contributed by atoms with Gasteiger partial charge in [-0.1, -0.05) is 18.2 Å². The van der Waals surface area contributed by atoms with E-state index in [0.29, 0.717) is 11.8 Å². The van der Waals surface area contributed by atoms with Crippen molar-refractivity contribution in [1.82, 2.24) is 3.11 Å². The van der Waals surface area contributed by atoms with Crippen LogP contribution in [0.3, 0.4) is 0 Å². The van der Waals surface area contributed by atoms with Crippen molar-refractivity contribution < 1.29 is 5.11 Å². The first-order valence-corrected chi connectivity index (χ1v) is 6.14. The molecule has 2 atom stereocenters. The van der Waals surface area contributed by atoms with E-state index >= 15 is 0 Å². The Morgan fingerprint density at radius 2 is 2.00 bits per heavy atom. The average Bonchev–Trinajstić information content (AvgIpc) is 2.77. The molecular weight excluding hydrogens is 301 g/mol. The molecule has 1 heterocycles. The van der Waals surface area contributed by atoms with Crippen molar-refractivity contribution in [1.29, 1.82) is 0 Å². The molecule has 0 amide bonds. The van der Waals surface area contributed by atoms with Gasteiger partial charge in [-0.3, -0.25) is 0 Å². The Morgan fingerprint density at radius 3 is 2.60 bits per heavy atom. The molecule has 2 bridgehead atoms. The van der Waals surface area contributed by atoms with Crippen LogP contribution in [0.4, 0.5) is 0 Å². The van der Waals surface area contributed by atoms with Crippen LogP contribution in [-0.2, 0) is 0 Å². The Morgan fingerprint density at radius 1 is 1.27 bits per heavy atom. The van der Waals surface area contributed by atoms with Crippen molar-refractivity contribution in [3.05, 3.63) is 35.9 Å². The number of phenolic OH excluding ortho intramolecular Hbond substituents is 1. The van der Waals surface area contributed by atoms with Gasteiger partial charge < -0.3 is 5.11 Å². The zero-order chi connectivity index (χ0) is 10.4. The van der Waals surface area contributed by atoms with Crippen LogP contribution in [0.1, 0.15) is 12.0 Å². The van der Waals surface area contributed by atoms with Gasteiger partial charge in [-0.25, -0.2) is 3.11 Å². The first-order valence-electron chi connectivity index (χ1n) is 5.17. The van der Waals surface area contributed by atoms with Gasteiger partial charge in [0.15, 0.2) is 0 Å². The fraction of sp³-hybridized carbons (Fsp3) is 0.333. The molecule has 78 valence electrons. The fourth-order valence-corrected chi connectivity index (χ4v) is 3.57. The van der Waals surface area contributed by atoms with Crippen LogP contribution < -0.4 is 0 Å². The van der Waals surface area contributed by atoms with Crippen molar-refractivity contribution >= 4 is 28.4 Å². The molecule has 3 rings (SSSR count). The zero-order valence-corrected chi connectivity index (χ0v) is 10.4. The molecule has 1 aromatic carbocycles. The van der Waals surface area contributed by atoms with E-state index in [-0.39, 0.29) is 0 Å². The SMILES string of the molecule is Oc1ccc(C2=CC3CC2N(I)C3)cc1. The van der Waals surface area contributed by atoms with Crippen molar-refractivity contribution in [3.63, 3.8) is 0 Å². The van der Waals surface area contributed by atoms with E-state index in [0.717, 1.165) is 5.92 Å². The molecule has 2 nitrogen and oxygen atoms in total. The van der Waals surface area contributed by atoms with Crippen LogP contribution in [0.25, 0.3) is 5.57 Å². The molecule has 1 aromatic rings. The molecular formula is C12H12INO. The summed E-state index contributed by atoms with van der Waals surface area (Å²) in [6, 6.07) is 8.12. The van der Waals surface area contributed by atoms with E-state index in [4.69, 9.17) is 0 Å². The Hall–Kier alpha value is -0.550. The molecule has 0 aromatic heterocycles. The van der Waals surface area contributed by atoms with Gasteiger partial charge in [-0.05, 0) is 35.6 Å². The van der Waals surface area contributed by atoms with E-state index in [1.165, 1.54) is 24.1 Å². The number of halogens is 1. The Labute approximate surface area is 103 Å². The normalized spacial score (nSPS) is 29.5. The van der Waals surface area contributed by atoms with Crippen molar-refractivity contribution in [2.45, 2.75) is 12.5 Å². The van der Waals surface area contributed by atoms with Crippen molar-refractivity contribution in [3.8, 4) is 5.75 Å². The number of phenols is 1. The molecule has 0 saturated carbocycles. The van der Waals surface area contributed by atoms with Gasteiger partial charge >= 0.3 is 0 Å². The summed E-state index contributed by atoms with van der Waals surface area (Å²) >= 11 is 2.42. The maximum atomic E-state index is 9.25. The summed E-state index contributed by atoms with van der Waals surface area (Å²) in [5.41, 5.74) is 2.68. The molecule has 3 heteroatoms. The van der Waals surface area contributed by atoms with Gasteiger partial charge in [0, 0.05) is 35.5 Å². The molecule has 1 fully saturated rings. The quantitative estimate of drug-likeness (QED) is 0.637. The highest BCUT2D eigenvalue weighted by atomic mass is 127. The standard InChI is InChI=1S/C12H12INO/c13-14-7-8-5-11(12(14)6-8)9-1-3-10(15)4-2-9/h1-5,8,12,15H,6-7H2. The zero-order valence-electron chi connectivity index (χ0n) is 8.23. The summed E-state index contributed by atoms with van der Waals surface area (Å²) in [6.45, 7) is 1.19. The predicted octanol–water partition coefficient (Wildman–Crippen LogP) is 2.83. The highest BCUT2D eigenvalue weighted by Gasteiger charge is 2.38. The van der Waals surface area contributed by atoms with Crippen LogP contribution in [0.5, 0.6) is 5.75 Å². The fourth-order valence-electron chi connectivity index (χ4n) is 2.53. The predicted molar refractivity (Wildman–Crippen MR) is 68.7 cm³/mol. The topological polar surface area (TPSA) is 23.5 Å². The third-order valence-corrected chi connectivity index (χ3v) is 4.31. The monoisotopic (exact) mass is 313 g/mol. The lowest BCUT2D eigenvalue weighted by atomic mass is 10.0. The Balaban J connectivity index is 1.96. The lowest BCUT2D eigenvalue weighted by Crippen LogP contribution is -2.22. The summed E-state index contributed by atoms with van der Waals surface area (Å²) in [5.74, 6) is 1.07. The van der Waals surface area contributed by atoms with Crippen LogP contribution in [-0.4, -0.2) is 20.8 Å². The minimum absolute atomic E-state index is 0.342. The number of nitrogens with zero attached hydrogens (tertiary/aromatic N) is 1. The van der Waals surface area contributed by atoms with Crippen molar-refractivity contribution in [2.75, 3.05) is 6.54 Å².